The zero-order valence-corrected chi connectivity index (χ0v) is 19.6. The Balaban J connectivity index is 1.50. The molecule has 9 nitrogen and oxygen atoms in total. The summed E-state index contributed by atoms with van der Waals surface area (Å²) in [5.74, 6) is -0.514. The molecular formula is C24H16F3N4O5S+. The molecule has 0 aliphatic rings. The average molecular weight is 529 g/mol. The number of aromatic amines is 1. The van der Waals surface area contributed by atoms with Crippen LogP contribution in [0.4, 0.5) is 18.9 Å². The Bertz CT molecular complexity index is 1670. The number of nitrogens with zero attached hydrogens (tertiary/aromatic N) is 2. The summed E-state index contributed by atoms with van der Waals surface area (Å²) in [5.41, 5.74) is 6.61. The first-order chi connectivity index (χ1) is 17.6. The van der Waals surface area contributed by atoms with Gasteiger partial charge in [0.2, 0.25) is 5.69 Å². The highest BCUT2D eigenvalue weighted by molar-refractivity contribution is 7.21. The van der Waals surface area contributed by atoms with Gasteiger partial charge in [0.1, 0.15) is 21.2 Å². The molecule has 0 atom stereocenters. The fraction of sp³-hybridized carbons (Fsp3) is 0.0833. The molecule has 3 aromatic heterocycles. The third-order valence-corrected chi connectivity index (χ3v) is 6.49. The molecule has 0 bridgehead atoms. The minimum absolute atomic E-state index is 0.0621. The molecule has 0 amide bonds. The first kappa shape index (κ1) is 24.1. The minimum atomic E-state index is -4.86. The number of benzene rings is 2. The molecular weight excluding hydrogens is 513 g/mol. The van der Waals surface area contributed by atoms with Crippen molar-refractivity contribution in [1.29, 1.82) is 0 Å². The number of hydrogen-bond acceptors (Lipinski definition) is 8. The zero-order valence-electron chi connectivity index (χ0n) is 18.8. The van der Waals surface area contributed by atoms with E-state index in [1.165, 1.54) is 12.1 Å². The standard InChI is InChI=1S/C24H15F3N4O5S/c1-34-14-6-2-12(3-7-14)17-11-10-16-18(28)21(37-22(16)29-17)20(32)19-23(33)36-30-31(19)13-4-8-15(9-5-13)35-24(25,26)27/h2-11H,1H3,(H2-,28,30,32,33)/p+1. The summed E-state index contributed by atoms with van der Waals surface area (Å²) in [5, 5.41) is 2.82. The van der Waals surface area contributed by atoms with Gasteiger partial charge in [-0.1, -0.05) is 0 Å². The smallest absolute Gasteiger partial charge is 0.497 e. The normalized spacial score (nSPS) is 11.6. The number of rotatable bonds is 6. The number of nitrogen functional groups attached to an aromatic ring is 1. The summed E-state index contributed by atoms with van der Waals surface area (Å²) < 4.78 is 52.2. The number of pyridine rings is 1. The predicted molar refractivity (Wildman–Crippen MR) is 127 cm³/mol. The van der Waals surface area contributed by atoms with E-state index < -0.39 is 29.2 Å². The number of hydrogen-bond donors (Lipinski definition) is 2. The van der Waals surface area contributed by atoms with Crippen molar-refractivity contribution in [2.24, 2.45) is 0 Å². The summed E-state index contributed by atoms with van der Waals surface area (Å²) in [7, 11) is 1.57. The van der Waals surface area contributed by atoms with Gasteiger partial charge in [0.15, 0.2) is 0 Å². The fourth-order valence-electron chi connectivity index (χ4n) is 3.64. The summed E-state index contributed by atoms with van der Waals surface area (Å²) in [6, 6.07) is 15.3. The Morgan fingerprint density at radius 2 is 1.73 bits per heavy atom. The second-order valence-electron chi connectivity index (χ2n) is 7.66. The van der Waals surface area contributed by atoms with Crippen LogP contribution in [0.1, 0.15) is 15.4 Å². The topological polar surface area (TPSA) is 124 Å². The highest BCUT2D eigenvalue weighted by Gasteiger charge is 2.35. The number of methoxy groups -OCH3 is 1. The van der Waals surface area contributed by atoms with Gasteiger partial charge in [-0.05, 0) is 58.5 Å². The SMILES string of the molecule is COc1ccc(-c2ccc3c(N)c(C(=O)c4c(=O)o[nH][n+]4-c4ccc(OC(F)(F)F)cc4)sc3n2)cc1. The fourth-order valence-corrected chi connectivity index (χ4v) is 4.68. The lowest BCUT2D eigenvalue weighted by atomic mass is 10.1. The van der Waals surface area contributed by atoms with Gasteiger partial charge in [-0.15, -0.1) is 24.5 Å². The summed E-state index contributed by atoms with van der Waals surface area (Å²) in [6.45, 7) is 0. The Kier molecular flexibility index (Phi) is 5.91. The lowest BCUT2D eigenvalue weighted by molar-refractivity contribution is -0.672. The number of ether oxygens (including phenoxy) is 2. The van der Waals surface area contributed by atoms with Crippen LogP contribution in [0.5, 0.6) is 11.5 Å². The molecule has 3 N–H and O–H groups in total. The molecule has 37 heavy (non-hydrogen) atoms. The third-order valence-electron chi connectivity index (χ3n) is 5.38. The van der Waals surface area contributed by atoms with Crippen LogP contribution in [0.3, 0.4) is 0 Å². The van der Waals surface area contributed by atoms with Crippen LogP contribution >= 0.6 is 11.3 Å². The molecule has 0 radical (unpaired) electrons. The van der Waals surface area contributed by atoms with E-state index in [1.807, 2.05) is 12.1 Å². The van der Waals surface area contributed by atoms with E-state index in [9.17, 15) is 22.8 Å². The number of anilines is 1. The molecule has 0 spiro atoms. The van der Waals surface area contributed by atoms with Crippen LogP contribution in [-0.4, -0.2) is 29.5 Å². The largest absolute Gasteiger partial charge is 0.573 e. The van der Waals surface area contributed by atoms with Gasteiger partial charge in [0.05, 0.1) is 18.5 Å². The third kappa shape index (κ3) is 4.63. The molecule has 0 saturated heterocycles. The van der Waals surface area contributed by atoms with Gasteiger partial charge < -0.3 is 15.2 Å². The Labute approximate surface area is 209 Å². The van der Waals surface area contributed by atoms with Gasteiger partial charge in [0, 0.05) is 23.1 Å². The Morgan fingerprint density at radius 3 is 2.38 bits per heavy atom. The second-order valence-corrected chi connectivity index (χ2v) is 8.66. The number of nitrogens with one attached hydrogen (secondary N) is 1. The van der Waals surface area contributed by atoms with E-state index in [-0.39, 0.29) is 16.3 Å². The van der Waals surface area contributed by atoms with Gasteiger partial charge in [-0.25, -0.2) is 9.78 Å². The van der Waals surface area contributed by atoms with Crippen molar-refractivity contribution in [2.75, 3.05) is 12.8 Å². The monoisotopic (exact) mass is 529 g/mol. The van der Waals surface area contributed by atoms with Gasteiger partial charge in [-0.2, -0.15) is 0 Å². The predicted octanol–water partition coefficient (Wildman–Crippen LogP) is 4.24. The summed E-state index contributed by atoms with van der Waals surface area (Å²) >= 11 is 1.01. The van der Waals surface area contributed by atoms with Crippen molar-refractivity contribution >= 4 is 33.0 Å². The van der Waals surface area contributed by atoms with E-state index in [0.717, 1.165) is 33.7 Å². The van der Waals surface area contributed by atoms with Crippen molar-refractivity contribution in [3.05, 3.63) is 81.7 Å². The molecule has 2 aromatic carbocycles. The number of fused-ring (bicyclic) bond motifs is 1. The average Bonchev–Trinajstić information content (AvgIpc) is 3.42. The van der Waals surface area contributed by atoms with Gasteiger partial charge >= 0.3 is 17.7 Å². The van der Waals surface area contributed by atoms with Gasteiger partial charge in [0.25, 0.3) is 5.78 Å². The second kappa shape index (κ2) is 9.09. The summed E-state index contributed by atoms with van der Waals surface area (Å²) in [4.78, 5) is 31.0. The van der Waals surface area contributed by atoms with Crippen molar-refractivity contribution < 1.29 is 36.6 Å². The van der Waals surface area contributed by atoms with Crippen molar-refractivity contribution in [3.63, 3.8) is 0 Å². The van der Waals surface area contributed by atoms with E-state index in [0.29, 0.717) is 21.7 Å². The quantitative estimate of drug-likeness (QED) is 0.249. The maximum Gasteiger partial charge on any atom is 0.573 e. The molecule has 0 fully saturated rings. The highest BCUT2D eigenvalue weighted by Crippen LogP contribution is 2.35. The number of halogens is 3. The lowest BCUT2D eigenvalue weighted by Crippen LogP contribution is -2.41. The van der Waals surface area contributed by atoms with Crippen LogP contribution in [0.15, 0.2) is 70.0 Å². The minimum Gasteiger partial charge on any atom is -0.497 e. The van der Waals surface area contributed by atoms with Crippen LogP contribution < -0.4 is 25.5 Å². The van der Waals surface area contributed by atoms with E-state index in [1.54, 1.807) is 31.4 Å². The van der Waals surface area contributed by atoms with Crippen LogP contribution in [0, 0.1) is 0 Å². The molecule has 0 aliphatic carbocycles. The van der Waals surface area contributed by atoms with Crippen LogP contribution in [-0.2, 0) is 0 Å². The Hall–Kier alpha value is -4.65. The molecule has 0 unspecified atom stereocenters. The maximum atomic E-state index is 13.4. The number of carbonyl (C=O) groups excluding carboxylic acids is 1. The van der Waals surface area contributed by atoms with Crippen LogP contribution in [0.25, 0.3) is 27.2 Å². The lowest BCUT2D eigenvalue weighted by Gasteiger charge is -2.07. The molecule has 5 rings (SSSR count). The van der Waals surface area contributed by atoms with E-state index in [2.05, 4.69) is 15.0 Å². The van der Waals surface area contributed by atoms with Crippen molar-refractivity contribution in [2.45, 2.75) is 6.36 Å². The molecule has 0 aliphatic heterocycles. The molecule has 188 valence electrons. The number of aromatic nitrogens is 3. The Morgan fingerprint density at radius 1 is 1.05 bits per heavy atom. The zero-order chi connectivity index (χ0) is 26.3. The van der Waals surface area contributed by atoms with Crippen LogP contribution in [0.2, 0.25) is 0 Å². The molecule has 3 heterocycles. The first-order valence-electron chi connectivity index (χ1n) is 10.5. The number of carbonyl (C=O) groups is 1. The highest BCUT2D eigenvalue weighted by atomic mass is 32.1. The number of thiophene rings is 1. The molecule has 0 saturated carbocycles. The number of nitrogens with two attached hydrogens (primary N) is 1. The first-order valence-corrected chi connectivity index (χ1v) is 11.3. The van der Waals surface area contributed by atoms with Gasteiger partial charge in [-0.3, -0.25) is 9.32 Å². The summed E-state index contributed by atoms with van der Waals surface area (Å²) in [6.07, 6.45) is -4.86. The molecule has 13 heteroatoms. The number of H-pyrrole nitrogens is 1. The van der Waals surface area contributed by atoms with Crippen molar-refractivity contribution in [1.82, 2.24) is 10.3 Å². The van der Waals surface area contributed by atoms with E-state index >= 15 is 0 Å². The molecule has 5 aromatic rings. The van der Waals surface area contributed by atoms with E-state index in [4.69, 9.17) is 15.0 Å². The maximum absolute atomic E-state index is 13.4. The number of alkyl halides is 3. The number of ketones is 1. The van der Waals surface area contributed by atoms with Crippen molar-refractivity contribution in [3.8, 4) is 28.4 Å².